The minimum atomic E-state index is 0.647. The van der Waals surface area contributed by atoms with Crippen LogP contribution in [0.4, 0.5) is 5.69 Å². The van der Waals surface area contributed by atoms with Crippen LogP contribution in [0.2, 0.25) is 5.02 Å². The Kier molecular flexibility index (Phi) is 3.76. The molecule has 16 heavy (non-hydrogen) atoms. The van der Waals surface area contributed by atoms with Crippen LogP contribution < -0.4 is 5.32 Å². The molecule has 0 aliphatic heterocycles. The number of hydrogen-bond acceptors (Lipinski definition) is 2. The smallest absolute Gasteiger partial charge is 0.123 e. The van der Waals surface area contributed by atoms with Crippen LogP contribution in [0.5, 0.6) is 0 Å². The van der Waals surface area contributed by atoms with E-state index in [0.29, 0.717) is 6.54 Å². The number of halogens is 2. The van der Waals surface area contributed by atoms with E-state index >= 15 is 0 Å². The second-order valence-electron chi connectivity index (χ2n) is 3.49. The van der Waals surface area contributed by atoms with E-state index in [0.717, 1.165) is 25.8 Å². The number of anilines is 1. The van der Waals surface area contributed by atoms with Gasteiger partial charge in [0, 0.05) is 3.57 Å². The van der Waals surface area contributed by atoms with Crippen LogP contribution in [0.25, 0.3) is 0 Å². The fraction of sp³-hybridized carbons (Fsp3) is 0.167. The molecule has 4 heteroatoms. The topological polar surface area (TPSA) is 25.2 Å². The van der Waals surface area contributed by atoms with Crippen molar-refractivity contribution in [3.05, 3.63) is 50.4 Å². The van der Waals surface area contributed by atoms with Gasteiger partial charge in [0.15, 0.2) is 0 Å². The first-order valence-corrected chi connectivity index (χ1v) is 6.35. The molecule has 0 bridgehead atoms. The van der Waals surface area contributed by atoms with Crippen LogP contribution in [-0.2, 0) is 6.54 Å². The maximum Gasteiger partial charge on any atom is 0.123 e. The summed E-state index contributed by atoms with van der Waals surface area (Å²) >= 11 is 8.34. The average Bonchev–Trinajstić information content (AvgIpc) is 2.63. The molecule has 1 heterocycles. The summed E-state index contributed by atoms with van der Waals surface area (Å²) in [5.74, 6) is 1.83. The summed E-state index contributed by atoms with van der Waals surface area (Å²) in [6.45, 7) is 2.58. The van der Waals surface area contributed by atoms with Crippen molar-refractivity contribution in [3.63, 3.8) is 0 Å². The highest BCUT2D eigenvalue weighted by Crippen LogP contribution is 2.24. The SMILES string of the molecule is Cc1ccc(CNc2ccc(I)cc2Cl)o1. The van der Waals surface area contributed by atoms with Crippen LogP contribution in [0.1, 0.15) is 11.5 Å². The van der Waals surface area contributed by atoms with Crippen LogP contribution in [0.15, 0.2) is 34.7 Å². The summed E-state index contributed by atoms with van der Waals surface area (Å²) in [5, 5.41) is 3.97. The second kappa shape index (κ2) is 5.10. The zero-order valence-corrected chi connectivity index (χ0v) is 11.7. The van der Waals surface area contributed by atoms with E-state index in [1.165, 1.54) is 0 Å². The largest absolute Gasteiger partial charge is 0.465 e. The maximum atomic E-state index is 6.10. The van der Waals surface area contributed by atoms with Crippen molar-refractivity contribution in [1.29, 1.82) is 0 Å². The summed E-state index contributed by atoms with van der Waals surface area (Å²) in [5.41, 5.74) is 0.927. The molecule has 0 aliphatic carbocycles. The second-order valence-corrected chi connectivity index (χ2v) is 5.14. The third-order valence-corrected chi connectivity index (χ3v) is 3.16. The van der Waals surface area contributed by atoms with Gasteiger partial charge in [-0.2, -0.15) is 0 Å². The van der Waals surface area contributed by atoms with E-state index in [2.05, 4.69) is 27.9 Å². The number of nitrogens with one attached hydrogen (secondary N) is 1. The molecule has 0 radical (unpaired) electrons. The van der Waals surface area contributed by atoms with Crippen molar-refractivity contribution in [2.24, 2.45) is 0 Å². The standard InChI is InChI=1S/C12H11ClINO/c1-8-2-4-10(16-8)7-15-12-5-3-9(14)6-11(12)13/h2-6,15H,7H2,1H3. The van der Waals surface area contributed by atoms with Crippen molar-refractivity contribution < 1.29 is 4.42 Å². The lowest BCUT2D eigenvalue weighted by Gasteiger charge is -2.06. The highest BCUT2D eigenvalue weighted by atomic mass is 127. The summed E-state index contributed by atoms with van der Waals surface area (Å²) in [6.07, 6.45) is 0. The minimum absolute atomic E-state index is 0.647. The van der Waals surface area contributed by atoms with Crippen molar-refractivity contribution >= 4 is 39.9 Å². The molecule has 0 fully saturated rings. The number of benzene rings is 1. The van der Waals surface area contributed by atoms with Gasteiger partial charge in [-0.05, 0) is 59.8 Å². The molecule has 1 aromatic heterocycles. The summed E-state index contributed by atoms with van der Waals surface area (Å²) < 4.78 is 6.59. The minimum Gasteiger partial charge on any atom is -0.465 e. The predicted molar refractivity (Wildman–Crippen MR) is 74.9 cm³/mol. The molecule has 1 aromatic carbocycles. The predicted octanol–water partition coefficient (Wildman–Crippen LogP) is 4.46. The summed E-state index contributed by atoms with van der Waals surface area (Å²) in [4.78, 5) is 0. The molecule has 0 unspecified atom stereocenters. The molecule has 2 aromatic rings. The molecule has 2 rings (SSSR count). The van der Waals surface area contributed by atoms with Crippen molar-refractivity contribution in [1.82, 2.24) is 0 Å². The maximum absolute atomic E-state index is 6.10. The number of rotatable bonds is 3. The van der Waals surface area contributed by atoms with Gasteiger partial charge in [-0.25, -0.2) is 0 Å². The van der Waals surface area contributed by atoms with E-state index in [-0.39, 0.29) is 0 Å². The molecule has 0 saturated carbocycles. The van der Waals surface area contributed by atoms with Crippen LogP contribution in [0, 0.1) is 10.5 Å². The lowest BCUT2D eigenvalue weighted by atomic mass is 10.3. The lowest BCUT2D eigenvalue weighted by molar-refractivity contribution is 0.490. The molecular formula is C12H11ClINO. The number of hydrogen-bond donors (Lipinski definition) is 1. The molecule has 1 N–H and O–H groups in total. The highest BCUT2D eigenvalue weighted by molar-refractivity contribution is 14.1. The zero-order valence-electron chi connectivity index (χ0n) is 8.76. The molecular weight excluding hydrogens is 336 g/mol. The number of furan rings is 1. The van der Waals surface area contributed by atoms with Gasteiger partial charge in [-0.1, -0.05) is 11.6 Å². The van der Waals surface area contributed by atoms with Crippen LogP contribution >= 0.6 is 34.2 Å². The van der Waals surface area contributed by atoms with Gasteiger partial charge in [0.05, 0.1) is 17.3 Å². The average molecular weight is 348 g/mol. The van der Waals surface area contributed by atoms with Gasteiger partial charge in [-0.15, -0.1) is 0 Å². The molecule has 2 nitrogen and oxygen atoms in total. The van der Waals surface area contributed by atoms with Crippen molar-refractivity contribution in [2.75, 3.05) is 5.32 Å². The van der Waals surface area contributed by atoms with Gasteiger partial charge in [0.25, 0.3) is 0 Å². The monoisotopic (exact) mass is 347 g/mol. The molecule has 0 atom stereocenters. The zero-order chi connectivity index (χ0) is 11.5. The van der Waals surface area contributed by atoms with E-state index in [1.807, 2.05) is 37.3 Å². The quantitative estimate of drug-likeness (QED) is 0.829. The van der Waals surface area contributed by atoms with Gasteiger partial charge in [0.2, 0.25) is 0 Å². The van der Waals surface area contributed by atoms with Gasteiger partial charge < -0.3 is 9.73 Å². The molecule has 0 spiro atoms. The molecule has 0 aliphatic rings. The molecule has 84 valence electrons. The molecule has 0 saturated heterocycles. The fourth-order valence-corrected chi connectivity index (χ4v) is 2.32. The Morgan fingerprint density at radius 3 is 2.75 bits per heavy atom. The van der Waals surface area contributed by atoms with E-state index in [4.69, 9.17) is 16.0 Å². The Morgan fingerprint density at radius 1 is 1.31 bits per heavy atom. The van der Waals surface area contributed by atoms with Gasteiger partial charge >= 0.3 is 0 Å². The van der Waals surface area contributed by atoms with Gasteiger partial charge in [0.1, 0.15) is 11.5 Å². The lowest BCUT2D eigenvalue weighted by Crippen LogP contribution is -1.98. The van der Waals surface area contributed by atoms with Crippen LogP contribution in [0.3, 0.4) is 0 Å². The van der Waals surface area contributed by atoms with Crippen molar-refractivity contribution in [3.8, 4) is 0 Å². The summed E-state index contributed by atoms with van der Waals surface area (Å²) in [6, 6.07) is 9.83. The number of aryl methyl sites for hydroxylation is 1. The first-order chi connectivity index (χ1) is 7.65. The normalized spacial score (nSPS) is 10.4. The highest BCUT2D eigenvalue weighted by Gasteiger charge is 2.02. The van der Waals surface area contributed by atoms with E-state index in [9.17, 15) is 0 Å². The Morgan fingerprint density at radius 2 is 2.12 bits per heavy atom. The Bertz CT molecular complexity index is 496. The van der Waals surface area contributed by atoms with Crippen LogP contribution in [-0.4, -0.2) is 0 Å². The van der Waals surface area contributed by atoms with Gasteiger partial charge in [-0.3, -0.25) is 0 Å². The first-order valence-electron chi connectivity index (χ1n) is 4.89. The Hall–Kier alpha value is -0.680. The third-order valence-electron chi connectivity index (χ3n) is 2.18. The van der Waals surface area contributed by atoms with Crippen molar-refractivity contribution in [2.45, 2.75) is 13.5 Å². The molecule has 0 amide bonds. The third kappa shape index (κ3) is 2.92. The van der Waals surface area contributed by atoms with E-state index < -0.39 is 0 Å². The summed E-state index contributed by atoms with van der Waals surface area (Å²) in [7, 11) is 0. The van der Waals surface area contributed by atoms with E-state index in [1.54, 1.807) is 0 Å². The Balaban J connectivity index is 2.04. The Labute approximate surface area is 113 Å². The fourth-order valence-electron chi connectivity index (χ4n) is 1.40. The first kappa shape index (κ1) is 11.8.